The lowest BCUT2D eigenvalue weighted by Gasteiger charge is -2.26. The highest BCUT2D eigenvalue weighted by Crippen LogP contribution is 2.23. The fourth-order valence-corrected chi connectivity index (χ4v) is 3.27. The molecular weight excluding hydrogens is 330 g/mol. The fraction of sp³-hybridized carbons (Fsp3) is 0.389. The molecule has 0 radical (unpaired) electrons. The predicted octanol–water partition coefficient (Wildman–Crippen LogP) is 2.62. The molecule has 1 fully saturated rings. The summed E-state index contributed by atoms with van der Waals surface area (Å²) in [6.45, 7) is 0. The molecule has 0 unspecified atom stereocenters. The van der Waals surface area contributed by atoms with Crippen molar-refractivity contribution in [3.8, 4) is 0 Å². The largest absolute Gasteiger partial charge is 0.393 e. The van der Waals surface area contributed by atoms with Crippen LogP contribution in [0.5, 0.6) is 0 Å². The lowest BCUT2D eigenvalue weighted by Crippen LogP contribution is -2.29. The monoisotopic (exact) mass is 353 g/mol. The number of nitrogens with zero attached hydrogens (tertiary/aromatic N) is 4. The number of pyridine rings is 2. The van der Waals surface area contributed by atoms with Gasteiger partial charge in [-0.15, -0.1) is 5.10 Å². The second-order valence-corrected chi connectivity index (χ2v) is 6.57. The minimum atomic E-state index is -0.158. The molecule has 4 rings (SSSR count). The number of hydrogen-bond donors (Lipinski definition) is 4. The summed E-state index contributed by atoms with van der Waals surface area (Å²) in [5.74, 6) is 2.22. The summed E-state index contributed by atoms with van der Waals surface area (Å²) >= 11 is 0. The Kier molecular flexibility index (Phi) is 4.57. The quantitative estimate of drug-likeness (QED) is 0.559. The smallest absolute Gasteiger partial charge is 0.247 e. The van der Waals surface area contributed by atoms with Gasteiger partial charge in [-0.05, 0) is 43.9 Å². The molecule has 0 atom stereocenters. The van der Waals surface area contributed by atoms with Gasteiger partial charge in [0.2, 0.25) is 5.95 Å². The molecule has 26 heavy (non-hydrogen) atoms. The summed E-state index contributed by atoms with van der Waals surface area (Å²) in [6.07, 6.45) is 5.17. The van der Waals surface area contributed by atoms with Gasteiger partial charge < -0.3 is 21.1 Å². The number of rotatable bonds is 5. The first-order valence-electron chi connectivity index (χ1n) is 8.92. The predicted molar refractivity (Wildman–Crippen MR) is 102 cm³/mol. The van der Waals surface area contributed by atoms with Gasteiger partial charge in [0.25, 0.3) is 0 Å². The van der Waals surface area contributed by atoms with E-state index in [4.69, 9.17) is 0 Å². The van der Waals surface area contributed by atoms with E-state index in [1.54, 1.807) is 6.20 Å². The summed E-state index contributed by atoms with van der Waals surface area (Å²) in [5, 5.41) is 24.0. The summed E-state index contributed by atoms with van der Waals surface area (Å²) < 4.78 is 1.81. The molecule has 3 heterocycles. The van der Waals surface area contributed by atoms with Gasteiger partial charge in [0.05, 0.1) is 6.10 Å². The molecule has 3 aromatic rings. The van der Waals surface area contributed by atoms with Crippen LogP contribution in [-0.4, -0.2) is 43.9 Å². The molecule has 1 aliphatic carbocycles. The van der Waals surface area contributed by atoms with E-state index in [-0.39, 0.29) is 6.10 Å². The molecule has 0 bridgehead atoms. The van der Waals surface area contributed by atoms with E-state index in [0.717, 1.165) is 48.7 Å². The Bertz CT molecular complexity index is 886. The molecule has 1 saturated carbocycles. The maximum atomic E-state index is 9.67. The van der Waals surface area contributed by atoms with Crippen LogP contribution < -0.4 is 16.0 Å². The topological polar surface area (TPSA) is 99.4 Å². The Morgan fingerprint density at radius 2 is 2.00 bits per heavy atom. The zero-order valence-corrected chi connectivity index (χ0v) is 14.7. The van der Waals surface area contributed by atoms with Crippen molar-refractivity contribution in [2.45, 2.75) is 37.8 Å². The van der Waals surface area contributed by atoms with Gasteiger partial charge in [-0.25, -0.2) is 4.98 Å². The van der Waals surface area contributed by atoms with E-state index in [1.807, 2.05) is 41.9 Å². The average Bonchev–Trinajstić information content (AvgIpc) is 3.07. The molecule has 0 aliphatic heterocycles. The highest BCUT2D eigenvalue weighted by Gasteiger charge is 2.20. The zero-order valence-electron chi connectivity index (χ0n) is 14.7. The molecule has 0 aromatic carbocycles. The van der Waals surface area contributed by atoms with Crippen molar-refractivity contribution >= 4 is 28.9 Å². The van der Waals surface area contributed by atoms with Crippen LogP contribution >= 0.6 is 0 Å². The van der Waals surface area contributed by atoms with Crippen LogP contribution in [0.4, 0.5) is 23.3 Å². The maximum absolute atomic E-state index is 9.67. The number of aromatic nitrogens is 4. The average molecular weight is 353 g/mol. The van der Waals surface area contributed by atoms with Gasteiger partial charge in [0.1, 0.15) is 11.6 Å². The summed E-state index contributed by atoms with van der Waals surface area (Å²) in [6, 6.07) is 10.0. The van der Waals surface area contributed by atoms with E-state index in [1.165, 1.54) is 0 Å². The Morgan fingerprint density at radius 3 is 2.81 bits per heavy atom. The Labute approximate surface area is 151 Å². The molecule has 0 saturated heterocycles. The summed E-state index contributed by atoms with van der Waals surface area (Å²) in [7, 11) is 1.83. The lowest BCUT2D eigenvalue weighted by atomic mass is 9.93. The Hall–Kier alpha value is -2.87. The molecule has 0 amide bonds. The first-order chi connectivity index (χ1) is 12.7. The van der Waals surface area contributed by atoms with E-state index >= 15 is 0 Å². The first kappa shape index (κ1) is 16.6. The molecule has 4 N–H and O–H groups in total. The third-order valence-electron chi connectivity index (χ3n) is 4.68. The van der Waals surface area contributed by atoms with Crippen molar-refractivity contribution in [3.63, 3.8) is 0 Å². The van der Waals surface area contributed by atoms with Gasteiger partial charge in [0, 0.05) is 31.0 Å². The van der Waals surface area contributed by atoms with E-state index < -0.39 is 0 Å². The molecule has 0 spiro atoms. The Morgan fingerprint density at radius 1 is 1.15 bits per heavy atom. The molecule has 136 valence electrons. The SMILES string of the molecule is CNc1cc(Nc2nc3cccc(NC4CCC(O)CC4)n3n2)ccn1. The van der Waals surface area contributed by atoms with Gasteiger partial charge in [-0.1, -0.05) is 6.07 Å². The van der Waals surface area contributed by atoms with Crippen molar-refractivity contribution in [3.05, 3.63) is 36.5 Å². The first-order valence-corrected chi connectivity index (χ1v) is 8.92. The van der Waals surface area contributed by atoms with Crippen LogP contribution in [-0.2, 0) is 0 Å². The maximum Gasteiger partial charge on any atom is 0.247 e. The molecule has 3 aromatic heterocycles. The van der Waals surface area contributed by atoms with Crippen molar-refractivity contribution < 1.29 is 5.11 Å². The van der Waals surface area contributed by atoms with Gasteiger partial charge >= 0.3 is 0 Å². The number of aliphatic hydroxyl groups excluding tert-OH is 1. The van der Waals surface area contributed by atoms with Crippen molar-refractivity contribution in [1.82, 2.24) is 19.6 Å². The van der Waals surface area contributed by atoms with E-state index in [9.17, 15) is 5.11 Å². The minimum Gasteiger partial charge on any atom is -0.393 e. The van der Waals surface area contributed by atoms with Crippen LogP contribution in [0.2, 0.25) is 0 Å². The molecule has 8 heteroatoms. The molecule has 1 aliphatic rings. The van der Waals surface area contributed by atoms with Crippen LogP contribution in [0.25, 0.3) is 5.65 Å². The second-order valence-electron chi connectivity index (χ2n) is 6.57. The molecular formula is C18H23N7O. The number of nitrogens with one attached hydrogen (secondary N) is 3. The number of hydrogen-bond acceptors (Lipinski definition) is 7. The van der Waals surface area contributed by atoms with Crippen molar-refractivity contribution in [2.75, 3.05) is 23.0 Å². The van der Waals surface area contributed by atoms with Gasteiger partial charge in [-0.3, -0.25) is 0 Å². The standard InChI is InChI=1S/C18H23N7O/c1-19-15-11-13(9-10-20-15)22-18-23-17-4-2-3-16(25(17)24-18)21-12-5-7-14(26)8-6-12/h2-4,9-12,14,21,26H,5-8H2,1H3,(H2,19,20,22,24). The fourth-order valence-electron chi connectivity index (χ4n) is 3.27. The second kappa shape index (κ2) is 7.17. The van der Waals surface area contributed by atoms with Crippen LogP contribution in [0, 0.1) is 0 Å². The third kappa shape index (κ3) is 3.55. The number of anilines is 4. The normalized spacial score (nSPS) is 20.1. The third-order valence-corrected chi connectivity index (χ3v) is 4.68. The number of aliphatic hydroxyl groups is 1. The van der Waals surface area contributed by atoms with Gasteiger partial charge in [-0.2, -0.15) is 9.50 Å². The zero-order chi connectivity index (χ0) is 17.9. The summed E-state index contributed by atoms with van der Waals surface area (Å²) in [4.78, 5) is 8.75. The molecule has 8 nitrogen and oxygen atoms in total. The van der Waals surface area contributed by atoms with Gasteiger partial charge in [0.15, 0.2) is 5.65 Å². The van der Waals surface area contributed by atoms with Crippen molar-refractivity contribution in [1.29, 1.82) is 0 Å². The van der Waals surface area contributed by atoms with E-state index in [0.29, 0.717) is 12.0 Å². The van der Waals surface area contributed by atoms with Crippen molar-refractivity contribution in [2.24, 2.45) is 0 Å². The van der Waals surface area contributed by atoms with Crippen LogP contribution in [0.15, 0.2) is 36.5 Å². The van der Waals surface area contributed by atoms with Crippen LogP contribution in [0.1, 0.15) is 25.7 Å². The van der Waals surface area contributed by atoms with E-state index in [2.05, 4.69) is 31.0 Å². The van der Waals surface area contributed by atoms with Crippen LogP contribution in [0.3, 0.4) is 0 Å². The highest BCUT2D eigenvalue weighted by molar-refractivity contribution is 5.60. The number of fused-ring (bicyclic) bond motifs is 1. The minimum absolute atomic E-state index is 0.158. The summed E-state index contributed by atoms with van der Waals surface area (Å²) in [5.41, 5.74) is 1.65. The lowest BCUT2D eigenvalue weighted by molar-refractivity contribution is 0.126. The highest BCUT2D eigenvalue weighted by atomic mass is 16.3. The Balaban J connectivity index is 1.55.